The summed E-state index contributed by atoms with van der Waals surface area (Å²) >= 11 is 0. The smallest absolute Gasteiger partial charge is 0.264 e. The van der Waals surface area contributed by atoms with Gasteiger partial charge in [-0.05, 0) is 12.8 Å². The first-order valence-corrected chi connectivity index (χ1v) is 7.51. The third-order valence-corrected chi connectivity index (χ3v) is 3.03. The van der Waals surface area contributed by atoms with Crippen molar-refractivity contribution >= 4 is 10.4 Å². The van der Waals surface area contributed by atoms with Crippen molar-refractivity contribution < 1.29 is 17.2 Å². The van der Waals surface area contributed by atoms with E-state index in [9.17, 15) is 8.42 Å². The zero-order chi connectivity index (χ0) is 12.4. The van der Waals surface area contributed by atoms with E-state index < -0.39 is 10.4 Å². The van der Waals surface area contributed by atoms with Crippen LogP contribution in [0.5, 0.6) is 0 Å². The van der Waals surface area contributed by atoms with Crippen molar-refractivity contribution in [1.82, 2.24) is 0 Å². The predicted molar refractivity (Wildman–Crippen MR) is 64.7 cm³/mol. The highest BCUT2D eigenvalue weighted by Crippen LogP contribution is 2.15. The molecule has 0 bridgehead atoms. The summed E-state index contributed by atoms with van der Waals surface area (Å²) in [5, 5.41) is 0. The van der Waals surface area contributed by atoms with Crippen LogP contribution >= 0.6 is 0 Å². The largest absolute Gasteiger partial charge is 0.397 e. The summed E-state index contributed by atoms with van der Waals surface area (Å²) in [6, 6.07) is 0. The maximum absolute atomic E-state index is 10.6. The highest BCUT2D eigenvalue weighted by molar-refractivity contribution is 7.80. The molecule has 0 heterocycles. The van der Waals surface area contributed by atoms with E-state index in [0.29, 0.717) is 12.8 Å². The van der Waals surface area contributed by atoms with Gasteiger partial charge in [0.15, 0.2) is 0 Å². The minimum absolute atomic E-state index is 0.354. The zero-order valence-electron chi connectivity index (χ0n) is 10.3. The molecule has 0 unspecified atom stereocenters. The van der Waals surface area contributed by atoms with Gasteiger partial charge >= 0.3 is 10.4 Å². The van der Waals surface area contributed by atoms with E-state index in [-0.39, 0.29) is 6.10 Å². The van der Waals surface area contributed by atoms with E-state index in [1.54, 1.807) is 0 Å². The molecule has 0 saturated heterocycles. The number of rotatable bonds is 10. The van der Waals surface area contributed by atoms with E-state index >= 15 is 0 Å². The summed E-state index contributed by atoms with van der Waals surface area (Å²) in [6.45, 7) is 4.19. The molecule has 0 radical (unpaired) electrons. The highest BCUT2D eigenvalue weighted by atomic mass is 32.3. The summed E-state index contributed by atoms with van der Waals surface area (Å²) in [5.41, 5.74) is 0. The Labute approximate surface area is 99.3 Å². The Hall–Kier alpha value is -0.130. The molecule has 16 heavy (non-hydrogen) atoms. The molecule has 4 nitrogen and oxygen atoms in total. The topological polar surface area (TPSA) is 63.6 Å². The van der Waals surface area contributed by atoms with Crippen LogP contribution in [0, 0.1) is 0 Å². The van der Waals surface area contributed by atoms with Gasteiger partial charge < -0.3 is 0 Å². The Kier molecular flexibility index (Phi) is 8.89. The Morgan fingerprint density at radius 3 is 1.75 bits per heavy atom. The highest BCUT2D eigenvalue weighted by Gasteiger charge is 2.16. The molecule has 98 valence electrons. The molecule has 0 saturated carbocycles. The van der Waals surface area contributed by atoms with Gasteiger partial charge in [0.05, 0.1) is 6.10 Å². The lowest BCUT2D eigenvalue weighted by Crippen LogP contribution is -2.18. The van der Waals surface area contributed by atoms with Crippen molar-refractivity contribution in [2.45, 2.75) is 71.3 Å². The van der Waals surface area contributed by atoms with Crippen molar-refractivity contribution in [2.24, 2.45) is 0 Å². The van der Waals surface area contributed by atoms with E-state index in [4.69, 9.17) is 4.55 Å². The Balaban J connectivity index is 3.95. The molecule has 0 fully saturated rings. The van der Waals surface area contributed by atoms with Crippen LogP contribution in [0.25, 0.3) is 0 Å². The van der Waals surface area contributed by atoms with Gasteiger partial charge in [-0.2, -0.15) is 8.42 Å². The lowest BCUT2D eigenvalue weighted by atomic mass is 10.0. The average Bonchev–Trinajstić information content (AvgIpc) is 2.16. The van der Waals surface area contributed by atoms with Crippen LogP contribution in [0.4, 0.5) is 0 Å². The van der Waals surface area contributed by atoms with Gasteiger partial charge in [-0.1, -0.05) is 52.4 Å². The van der Waals surface area contributed by atoms with Crippen LogP contribution in [0.15, 0.2) is 0 Å². The molecule has 0 aromatic carbocycles. The van der Waals surface area contributed by atoms with Crippen molar-refractivity contribution in [1.29, 1.82) is 0 Å². The van der Waals surface area contributed by atoms with Crippen LogP contribution in [0.3, 0.4) is 0 Å². The molecule has 5 heteroatoms. The van der Waals surface area contributed by atoms with Crippen molar-refractivity contribution in [3.05, 3.63) is 0 Å². The van der Waals surface area contributed by atoms with Gasteiger partial charge in [-0.15, -0.1) is 0 Å². The quantitative estimate of drug-likeness (QED) is 0.478. The fourth-order valence-electron chi connectivity index (χ4n) is 1.66. The van der Waals surface area contributed by atoms with Crippen LogP contribution in [-0.2, 0) is 14.6 Å². The molecule has 0 aromatic rings. The second kappa shape index (κ2) is 8.96. The Bertz CT molecular complexity index is 239. The lowest BCUT2D eigenvalue weighted by molar-refractivity contribution is 0.158. The second-order valence-electron chi connectivity index (χ2n) is 4.14. The van der Waals surface area contributed by atoms with Crippen molar-refractivity contribution in [2.75, 3.05) is 0 Å². The molecular weight excluding hydrogens is 228 g/mol. The van der Waals surface area contributed by atoms with E-state index in [1.165, 1.54) is 0 Å². The molecule has 0 amide bonds. The van der Waals surface area contributed by atoms with Gasteiger partial charge in [0, 0.05) is 0 Å². The minimum Gasteiger partial charge on any atom is -0.264 e. The summed E-state index contributed by atoms with van der Waals surface area (Å²) < 4.78 is 34.6. The first kappa shape index (κ1) is 15.9. The van der Waals surface area contributed by atoms with Crippen LogP contribution in [-0.4, -0.2) is 19.1 Å². The maximum Gasteiger partial charge on any atom is 0.397 e. The number of hydrogen-bond acceptors (Lipinski definition) is 3. The standard InChI is InChI=1S/C11H24O4S/c1-3-5-7-9-11(10-8-6-4-2)15-16(12,13)14/h11H,3-10H2,1-2H3,(H,12,13,14). The van der Waals surface area contributed by atoms with E-state index in [0.717, 1.165) is 38.5 Å². The Morgan fingerprint density at radius 1 is 1.00 bits per heavy atom. The van der Waals surface area contributed by atoms with Gasteiger partial charge in [0.2, 0.25) is 0 Å². The van der Waals surface area contributed by atoms with E-state index in [2.05, 4.69) is 18.0 Å². The van der Waals surface area contributed by atoms with Gasteiger partial charge in [-0.3, -0.25) is 4.55 Å². The molecule has 0 aliphatic heterocycles. The second-order valence-corrected chi connectivity index (χ2v) is 5.19. The normalized spacial score (nSPS) is 12.2. The summed E-state index contributed by atoms with van der Waals surface area (Å²) in [5.74, 6) is 0. The molecule has 0 spiro atoms. The molecule has 0 aliphatic rings. The third-order valence-electron chi connectivity index (χ3n) is 2.52. The fraction of sp³-hybridized carbons (Fsp3) is 1.00. The number of unbranched alkanes of at least 4 members (excludes halogenated alkanes) is 4. The number of hydrogen-bond donors (Lipinski definition) is 1. The Morgan fingerprint density at radius 2 is 1.44 bits per heavy atom. The predicted octanol–water partition coefficient (Wildman–Crippen LogP) is 3.34. The summed E-state index contributed by atoms with van der Waals surface area (Å²) in [4.78, 5) is 0. The first-order valence-electron chi connectivity index (χ1n) is 6.15. The minimum atomic E-state index is -4.30. The monoisotopic (exact) mass is 252 g/mol. The third kappa shape index (κ3) is 10.4. The molecule has 0 aliphatic carbocycles. The molecule has 0 atom stereocenters. The van der Waals surface area contributed by atoms with Crippen LogP contribution in [0.2, 0.25) is 0 Å². The lowest BCUT2D eigenvalue weighted by Gasteiger charge is -2.14. The summed E-state index contributed by atoms with van der Waals surface area (Å²) in [7, 11) is -4.30. The molecule has 0 aromatic heterocycles. The van der Waals surface area contributed by atoms with Gasteiger partial charge in [0.25, 0.3) is 0 Å². The SMILES string of the molecule is CCCCCC(CCCCC)OS(=O)(=O)O. The molecule has 1 N–H and O–H groups in total. The van der Waals surface area contributed by atoms with E-state index in [1.807, 2.05) is 0 Å². The van der Waals surface area contributed by atoms with Crippen LogP contribution < -0.4 is 0 Å². The van der Waals surface area contributed by atoms with Gasteiger partial charge in [0.1, 0.15) is 0 Å². The van der Waals surface area contributed by atoms with Crippen LogP contribution in [0.1, 0.15) is 65.2 Å². The maximum atomic E-state index is 10.6. The van der Waals surface area contributed by atoms with Crippen molar-refractivity contribution in [3.63, 3.8) is 0 Å². The summed E-state index contributed by atoms with van der Waals surface area (Å²) in [6.07, 6.45) is 7.27. The first-order chi connectivity index (χ1) is 7.49. The zero-order valence-corrected chi connectivity index (χ0v) is 11.1. The average molecular weight is 252 g/mol. The fourth-order valence-corrected chi connectivity index (χ4v) is 2.19. The van der Waals surface area contributed by atoms with Crippen molar-refractivity contribution in [3.8, 4) is 0 Å². The van der Waals surface area contributed by atoms with Gasteiger partial charge in [-0.25, -0.2) is 4.18 Å². The molecule has 0 rings (SSSR count). The molecular formula is C11H24O4S.